The van der Waals surface area contributed by atoms with E-state index in [0.29, 0.717) is 0 Å². The molecule has 3 aromatic rings. The highest BCUT2D eigenvalue weighted by atomic mass is 35.5. The van der Waals surface area contributed by atoms with Crippen LogP contribution in [-0.4, -0.2) is 11.9 Å². The number of carbonyl (C=O) groups is 2. The lowest BCUT2D eigenvalue weighted by atomic mass is 9.99. The third kappa shape index (κ3) is 5.85. The van der Waals surface area contributed by atoms with E-state index in [1.54, 1.807) is 6.07 Å². The first-order chi connectivity index (χ1) is 16.8. The molecule has 0 aromatic heterocycles. The standard InChI is InChI=1S/C21H5Cl11O4/c22-6-4-2-1-3-5(6)7(20(33)35-18-14(29)10(25)8(23)11(26)15(18)30)21(34)36-19-16(31)12(27)9(24)13(28)17(19)32/h1-4,7H. The van der Waals surface area contributed by atoms with Gasteiger partial charge in [-0.15, -0.1) is 0 Å². The van der Waals surface area contributed by atoms with Crippen molar-refractivity contribution in [2.24, 2.45) is 0 Å². The van der Waals surface area contributed by atoms with Gasteiger partial charge >= 0.3 is 11.9 Å². The molecule has 0 unspecified atom stereocenters. The molecule has 0 fully saturated rings. The van der Waals surface area contributed by atoms with E-state index in [2.05, 4.69) is 0 Å². The first-order valence-electron chi connectivity index (χ1n) is 9.00. The van der Waals surface area contributed by atoms with Gasteiger partial charge in [0.2, 0.25) is 0 Å². The maximum atomic E-state index is 13.3. The summed E-state index contributed by atoms with van der Waals surface area (Å²) in [5.74, 6) is -5.20. The largest absolute Gasteiger partial charge is 0.422 e. The fraction of sp³-hybridized carbons (Fsp3) is 0.0476. The molecule has 0 saturated carbocycles. The molecule has 0 aliphatic heterocycles. The van der Waals surface area contributed by atoms with Crippen LogP contribution in [0.4, 0.5) is 0 Å². The van der Waals surface area contributed by atoms with Crippen LogP contribution in [0.5, 0.6) is 11.5 Å². The highest BCUT2D eigenvalue weighted by Crippen LogP contribution is 2.50. The Bertz CT molecular complexity index is 1270. The monoisotopic (exact) mass is 706 g/mol. The molecule has 0 spiro atoms. The Kier molecular flexibility index (Phi) is 10.4. The molecule has 0 heterocycles. The molecular weight excluding hydrogens is 706 g/mol. The van der Waals surface area contributed by atoms with Gasteiger partial charge < -0.3 is 9.47 Å². The van der Waals surface area contributed by atoms with Crippen molar-refractivity contribution in [1.82, 2.24) is 0 Å². The van der Waals surface area contributed by atoms with E-state index in [-0.39, 0.29) is 60.8 Å². The van der Waals surface area contributed by atoms with Crippen LogP contribution in [-0.2, 0) is 9.59 Å². The first-order valence-corrected chi connectivity index (χ1v) is 13.2. The zero-order valence-electron chi connectivity index (χ0n) is 16.7. The van der Waals surface area contributed by atoms with Gasteiger partial charge in [-0.2, -0.15) is 0 Å². The van der Waals surface area contributed by atoms with Gasteiger partial charge in [-0.3, -0.25) is 9.59 Å². The molecule has 4 nitrogen and oxygen atoms in total. The van der Waals surface area contributed by atoms with Crippen LogP contribution >= 0.6 is 128 Å². The summed E-state index contributed by atoms with van der Waals surface area (Å²) in [6.45, 7) is 0. The molecule has 3 rings (SSSR count). The summed E-state index contributed by atoms with van der Waals surface area (Å²) < 4.78 is 10.6. The zero-order chi connectivity index (χ0) is 27.1. The quantitative estimate of drug-likeness (QED) is 0.0869. The van der Waals surface area contributed by atoms with Crippen LogP contribution in [0.25, 0.3) is 0 Å². The summed E-state index contributed by atoms with van der Waals surface area (Å²) in [4.78, 5) is 26.6. The second-order valence-corrected chi connectivity index (χ2v) is 10.8. The Morgan fingerprint density at radius 2 is 0.806 bits per heavy atom. The van der Waals surface area contributed by atoms with Crippen LogP contribution in [0.2, 0.25) is 55.2 Å². The van der Waals surface area contributed by atoms with Crippen molar-refractivity contribution in [2.45, 2.75) is 5.92 Å². The summed E-state index contributed by atoms with van der Waals surface area (Å²) in [6.07, 6.45) is 0. The summed E-state index contributed by atoms with van der Waals surface area (Å²) in [5.41, 5.74) is -0.00836. The molecule has 0 amide bonds. The molecule has 0 N–H and O–H groups in total. The van der Waals surface area contributed by atoms with Crippen LogP contribution in [0.3, 0.4) is 0 Å². The number of benzene rings is 3. The lowest BCUT2D eigenvalue weighted by molar-refractivity contribution is -0.147. The summed E-state index contributed by atoms with van der Waals surface area (Å²) >= 11 is 66.9. The lowest BCUT2D eigenvalue weighted by Gasteiger charge is -2.19. The van der Waals surface area contributed by atoms with Gasteiger partial charge in [0.15, 0.2) is 17.4 Å². The van der Waals surface area contributed by atoms with Crippen LogP contribution in [0.15, 0.2) is 24.3 Å². The third-order valence-electron chi connectivity index (χ3n) is 4.43. The van der Waals surface area contributed by atoms with Crippen molar-refractivity contribution in [1.29, 1.82) is 0 Å². The predicted molar refractivity (Wildman–Crippen MR) is 148 cm³/mol. The number of hydrogen-bond donors (Lipinski definition) is 0. The summed E-state index contributed by atoms with van der Waals surface area (Å²) in [6, 6.07) is 5.89. The number of halogens is 11. The van der Waals surface area contributed by atoms with Crippen molar-refractivity contribution in [3.05, 3.63) is 85.1 Å². The van der Waals surface area contributed by atoms with Crippen LogP contribution in [0, 0.1) is 0 Å². The van der Waals surface area contributed by atoms with E-state index in [4.69, 9.17) is 137 Å². The van der Waals surface area contributed by atoms with Crippen molar-refractivity contribution < 1.29 is 19.1 Å². The van der Waals surface area contributed by atoms with Gasteiger partial charge in [-0.25, -0.2) is 0 Å². The second kappa shape index (κ2) is 12.3. The normalized spacial score (nSPS) is 11.1. The zero-order valence-corrected chi connectivity index (χ0v) is 25.0. The van der Waals surface area contributed by atoms with E-state index in [9.17, 15) is 9.59 Å². The lowest BCUT2D eigenvalue weighted by Crippen LogP contribution is -2.30. The van der Waals surface area contributed by atoms with E-state index in [0.717, 1.165) is 0 Å². The summed E-state index contributed by atoms with van der Waals surface area (Å²) in [7, 11) is 0. The van der Waals surface area contributed by atoms with Gasteiger partial charge in [0.05, 0.1) is 30.1 Å². The highest BCUT2D eigenvalue weighted by Gasteiger charge is 2.37. The maximum Gasteiger partial charge on any atom is 0.330 e. The van der Waals surface area contributed by atoms with Gasteiger partial charge in [0, 0.05) is 5.02 Å². The molecule has 0 aliphatic carbocycles. The maximum absolute atomic E-state index is 13.3. The Morgan fingerprint density at radius 1 is 0.500 bits per heavy atom. The number of carbonyl (C=O) groups excluding carboxylic acids is 2. The second-order valence-electron chi connectivity index (χ2n) is 6.59. The van der Waals surface area contributed by atoms with Crippen molar-refractivity contribution in [3.8, 4) is 11.5 Å². The van der Waals surface area contributed by atoms with Crippen molar-refractivity contribution >= 4 is 140 Å². The van der Waals surface area contributed by atoms with E-state index >= 15 is 0 Å². The fourth-order valence-corrected chi connectivity index (χ4v) is 5.37. The highest BCUT2D eigenvalue weighted by molar-refractivity contribution is 6.57. The fourth-order valence-electron chi connectivity index (χ4n) is 2.73. The molecular formula is C21H5Cl11O4. The van der Waals surface area contributed by atoms with Gasteiger partial charge in [-0.1, -0.05) is 146 Å². The number of rotatable bonds is 5. The Balaban J connectivity index is 2.10. The smallest absolute Gasteiger partial charge is 0.330 e. The molecule has 0 saturated heterocycles. The molecule has 36 heavy (non-hydrogen) atoms. The van der Waals surface area contributed by atoms with E-state index in [1.165, 1.54) is 18.2 Å². The van der Waals surface area contributed by atoms with Gasteiger partial charge in [0.1, 0.15) is 20.1 Å². The average molecular weight is 711 g/mol. The Hall–Kier alpha value is -0.210. The average Bonchev–Trinajstić information content (AvgIpc) is 2.85. The number of hydrogen-bond acceptors (Lipinski definition) is 4. The SMILES string of the molecule is O=C(Oc1c(Cl)c(Cl)c(Cl)c(Cl)c1Cl)C(C(=O)Oc1c(Cl)c(Cl)c(Cl)c(Cl)c1Cl)c1ccccc1Cl. The number of esters is 2. The topological polar surface area (TPSA) is 52.6 Å². The molecule has 0 atom stereocenters. The van der Waals surface area contributed by atoms with E-state index < -0.39 is 29.4 Å². The first kappa shape index (κ1) is 30.3. The van der Waals surface area contributed by atoms with Crippen molar-refractivity contribution in [2.75, 3.05) is 0 Å². The molecule has 0 bridgehead atoms. The Morgan fingerprint density at radius 3 is 1.14 bits per heavy atom. The number of ether oxygens (including phenoxy) is 2. The molecule has 3 aromatic carbocycles. The molecule has 190 valence electrons. The minimum atomic E-state index is -1.82. The third-order valence-corrected chi connectivity index (χ3v) is 9.26. The molecule has 0 radical (unpaired) electrons. The minimum Gasteiger partial charge on any atom is -0.422 e. The summed E-state index contributed by atoms with van der Waals surface area (Å²) in [5, 5.41) is -2.62. The molecule has 0 aliphatic rings. The van der Waals surface area contributed by atoms with E-state index in [1.807, 2.05) is 0 Å². The van der Waals surface area contributed by atoms with Gasteiger partial charge in [-0.05, 0) is 11.6 Å². The Labute approximate surface area is 259 Å². The molecule has 15 heteroatoms. The van der Waals surface area contributed by atoms with Crippen LogP contribution in [0.1, 0.15) is 11.5 Å². The predicted octanol–water partition coefficient (Wildman–Crippen LogP) is 11.2. The van der Waals surface area contributed by atoms with Crippen molar-refractivity contribution in [3.63, 3.8) is 0 Å². The minimum absolute atomic E-state index is 0.00836. The van der Waals surface area contributed by atoms with Crippen LogP contribution < -0.4 is 9.47 Å². The van der Waals surface area contributed by atoms with Gasteiger partial charge in [0.25, 0.3) is 0 Å².